The maximum absolute atomic E-state index is 5.40. The van der Waals surface area contributed by atoms with Crippen LogP contribution < -0.4 is 19.5 Å². The number of H-pyrrole nitrogens is 1. The zero-order valence-electron chi connectivity index (χ0n) is 12.4. The first-order valence-corrected chi connectivity index (χ1v) is 6.85. The largest absolute Gasteiger partial charge is 0.493 e. The molecule has 0 atom stereocenters. The molecule has 2 aromatic rings. The molecule has 2 N–H and O–H groups in total. The van der Waals surface area contributed by atoms with Crippen LogP contribution in [-0.4, -0.2) is 38.1 Å². The molecule has 0 saturated heterocycles. The summed E-state index contributed by atoms with van der Waals surface area (Å²) in [5.74, 6) is 1.85. The number of benzene rings is 1. The second kappa shape index (κ2) is 5.65. The molecule has 0 radical (unpaired) electrons. The molecule has 112 valence electrons. The zero-order chi connectivity index (χ0) is 14.8. The molecule has 0 aliphatic carbocycles. The van der Waals surface area contributed by atoms with Gasteiger partial charge < -0.3 is 19.5 Å². The number of nitrogens with zero attached hydrogens (tertiary/aromatic N) is 1. The van der Waals surface area contributed by atoms with E-state index < -0.39 is 0 Å². The number of aromatic nitrogens is 2. The number of hydrogen-bond donors (Lipinski definition) is 2. The number of hydrogen-bond acceptors (Lipinski definition) is 5. The topological polar surface area (TPSA) is 68.4 Å². The van der Waals surface area contributed by atoms with Gasteiger partial charge in [0.05, 0.1) is 27.0 Å². The Morgan fingerprint density at radius 2 is 1.76 bits per heavy atom. The third-order valence-corrected chi connectivity index (χ3v) is 3.74. The third kappa shape index (κ3) is 2.31. The number of aromatic amines is 1. The molecule has 6 nitrogen and oxygen atoms in total. The lowest BCUT2D eigenvalue weighted by atomic mass is 10.0. The molecule has 0 fully saturated rings. The van der Waals surface area contributed by atoms with Crippen molar-refractivity contribution in [3.63, 3.8) is 0 Å². The molecule has 21 heavy (non-hydrogen) atoms. The minimum atomic E-state index is 0.589. The fraction of sp³-hybridized carbons (Fsp3) is 0.400. The van der Waals surface area contributed by atoms with E-state index in [0.717, 1.165) is 30.8 Å². The van der Waals surface area contributed by atoms with Gasteiger partial charge in [-0.05, 0) is 12.1 Å². The third-order valence-electron chi connectivity index (χ3n) is 3.74. The van der Waals surface area contributed by atoms with E-state index in [2.05, 4.69) is 15.5 Å². The van der Waals surface area contributed by atoms with Gasteiger partial charge >= 0.3 is 0 Å². The van der Waals surface area contributed by atoms with Crippen molar-refractivity contribution in [1.82, 2.24) is 15.5 Å². The van der Waals surface area contributed by atoms with Gasteiger partial charge in [-0.1, -0.05) is 0 Å². The predicted molar refractivity (Wildman–Crippen MR) is 79.1 cm³/mol. The van der Waals surface area contributed by atoms with E-state index in [0.29, 0.717) is 17.2 Å². The summed E-state index contributed by atoms with van der Waals surface area (Å²) in [6, 6.07) is 3.85. The lowest BCUT2D eigenvalue weighted by Crippen LogP contribution is -2.23. The van der Waals surface area contributed by atoms with Crippen molar-refractivity contribution in [2.24, 2.45) is 0 Å². The zero-order valence-corrected chi connectivity index (χ0v) is 12.4. The molecule has 3 rings (SSSR count). The highest BCUT2D eigenvalue weighted by Crippen LogP contribution is 2.41. The minimum Gasteiger partial charge on any atom is -0.493 e. The maximum Gasteiger partial charge on any atom is 0.203 e. The van der Waals surface area contributed by atoms with Crippen molar-refractivity contribution in [1.29, 1.82) is 0 Å². The highest BCUT2D eigenvalue weighted by molar-refractivity contribution is 5.71. The van der Waals surface area contributed by atoms with Crippen molar-refractivity contribution >= 4 is 0 Å². The standard InChI is InChI=1S/C15H19N3O3/c1-19-12-6-9(7-13(20-2)15(12)21-3)14-10-8-16-5-4-11(10)17-18-14/h6-7,16H,4-5,8H2,1-3H3,(H,17,18). The molecule has 0 amide bonds. The Morgan fingerprint density at radius 3 is 2.38 bits per heavy atom. The number of rotatable bonds is 4. The van der Waals surface area contributed by atoms with Gasteiger partial charge in [-0.3, -0.25) is 5.10 Å². The Bertz CT molecular complexity index is 627. The summed E-state index contributed by atoms with van der Waals surface area (Å²) in [5.41, 5.74) is 4.27. The molecular weight excluding hydrogens is 270 g/mol. The summed E-state index contributed by atoms with van der Waals surface area (Å²) in [7, 11) is 4.83. The summed E-state index contributed by atoms with van der Waals surface area (Å²) in [6.07, 6.45) is 0.965. The lowest BCUT2D eigenvalue weighted by molar-refractivity contribution is 0.324. The van der Waals surface area contributed by atoms with Crippen LogP contribution in [0.25, 0.3) is 11.3 Å². The summed E-state index contributed by atoms with van der Waals surface area (Å²) in [5, 5.41) is 11.0. The summed E-state index contributed by atoms with van der Waals surface area (Å²) in [6.45, 7) is 1.79. The van der Waals surface area contributed by atoms with Crippen LogP contribution in [0, 0.1) is 0 Å². The first-order chi connectivity index (χ1) is 10.3. The van der Waals surface area contributed by atoms with Gasteiger partial charge in [-0.2, -0.15) is 5.10 Å². The van der Waals surface area contributed by atoms with Crippen molar-refractivity contribution in [3.05, 3.63) is 23.4 Å². The van der Waals surface area contributed by atoms with Crippen LogP contribution in [0.5, 0.6) is 17.2 Å². The first kappa shape index (κ1) is 13.8. The molecule has 0 spiro atoms. The van der Waals surface area contributed by atoms with Crippen LogP contribution in [-0.2, 0) is 13.0 Å². The van der Waals surface area contributed by atoms with Crippen LogP contribution >= 0.6 is 0 Å². The predicted octanol–water partition coefficient (Wildman–Crippen LogP) is 1.75. The van der Waals surface area contributed by atoms with E-state index in [1.165, 1.54) is 11.3 Å². The molecule has 0 saturated carbocycles. The van der Waals surface area contributed by atoms with E-state index in [-0.39, 0.29) is 0 Å². The van der Waals surface area contributed by atoms with Gasteiger partial charge in [0.2, 0.25) is 5.75 Å². The average molecular weight is 289 g/mol. The highest BCUT2D eigenvalue weighted by atomic mass is 16.5. The van der Waals surface area contributed by atoms with Gasteiger partial charge in [0.1, 0.15) is 0 Å². The van der Waals surface area contributed by atoms with Crippen LogP contribution in [0.2, 0.25) is 0 Å². The molecule has 1 aliphatic heterocycles. The van der Waals surface area contributed by atoms with E-state index in [1.54, 1.807) is 21.3 Å². The Balaban J connectivity index is 2.12. The van der Waals surface area contributed by atoms with Gasteiger partial charge in [-0.15, -0.1) is 0 Å². The summed E-state index contributed by atoms with van der Waals surface area (Å²) >= 11 is 0. The first-order valence-electron chi connectivity index (χ1n) is 6.85. The Kier molecular flexibility index (Phi) is 3.70. The molecule has 2 heterocycles. The van der Waals surface area contributed by atoms with Crippen LogP contribution in [0.1, 0.15) is 11.3 Å². The van der Waals surface area contributed by atoms with E-state index in [4.69, 9.17) is 14.2 Å². The Labute approximate surface area is 123 Å². The fourth-order valence-corrected chi connectivity index (χ4v) is 2.68. The van der Waals surface area contributed by atoms with E-state index in [1.807, 2.05) is 12.1 Å². The SMILES string of the molecule is COc1cc(-c2n[nH]c3c2CNCC3)cc(OC)c1OC. The smallest absolute Gasteiger partial charge is 0.203 e. The normalized spacial score (nSPS) is 13.7. The van der Waals surface area contributed by atoms with E-state index in [9.17, 15) is 0 Å². The summed E-state index contributed by atoms with van der Waals surface area (Å²) < 4.78 is 16.2. The monoisotopic (exact) mass is 289 g/mol. The number of nitrogens with one attached hydrogen (secondary N) is 2. The molecule has 1 aromatic heterocycles. The molecule has 0 bridgehead atoms. The number of methoxy groups -OCH3 is 3. The van der Waals surface area contributed by atoms with Gasteiger partial charge in [-0.25, -0.2) is 0 Å². The van der Waals surface area contributed by atoms with Crippen LogP contribution in [0.15, 0.2) is 12.1 Å². The Hall–Kier alpha value is -2.21. The van der Waals surface area contributed by atoms with Gasteiger partial charge in [0.25, 0.3) is 0 Å². The van der Waals surface area contributed by atoms with Crippen LogP contribution in [0.3, 0.4) is 0 Å². The molecule has 1 aliphatic rings. The highest BCUT2D eigenvalue weighted by Gasteiger charge is 2.21. The van der Waals surface area contributed by atoms with Crippen molar-refractivity contribution in [2.75, 3.05) is 27.9 Å². The Morgan fingerprint density at radius 1 is 1.05 bits per heavy atom. The molecular formula is C15H19N3O3. The molecule has 6 heteroatoms. The minimum absolute atomic E-state index is 0.589. The van der Waals surface area contributed by atoms with Crippen molar-refractivity contribution in [2.45, 2.75) is 13.0 Å². The van der Waals surface area contributed by atoms with Crippen LogP contribution in [0.4, 0.5) is 0 Å². The van der Waals surface area contributed by atoms with Crippen molar-refractivity contribution in [3.8, 4) is 28.5 Å². The molecule has 0 unspecified atom stereocenters. The fourth-order valence-electron chi connectivity index (χ4n) is 2.68. The number of fused-ring (bicyclic) bond motifs is 1. The number of ether oxygens (including phenoxy) is 3. The lowest BCUT2D eigenvalue weighted by Gasteiger charge is -2.15. The second-order valence-electron chi connectivity index (χ2n) is 4.87. The quantitative estimate of drug-likeness (QED) is 0.897. The van der Waals surface area contributed by atoms with Gasteiger partial charge in [0, 0.05) is 36.3 Å². The van der Waals surface area contributed by atoms with Crippen molar-refractivity contribution < 1.29 is 14.2 Å². The second-order valence-corrected chi connectivity index (χ2v) is 4.87. The average Bonchev–Trinajstić information content (AvgIpc) is 2.97. The summed E-state index contributed by atoms with van der Waals surface area (Å²) in [4.78, 5) is 0. The van der Waals surface area contributed by atoms with E-state index >= 15 is 0 Å². The van der Waals surface area contributed by atoms with Gasteiger partial charge in [0.15, 0.2) is 11.5 Å². The maximum atomic E-state index is 5.40. The molecule has 1 aromatic carbocycles.